The molecule has 0 amide bonds. The highest BCUT2D eigenvalue weighted by Crippen LogP contribution is 2.25. The van der Waals surface area contributed by atoms with Gasteiger partial charge in [-0.1, -0.05) is 35.3 Å². The Labute approximate surface area is 151 Å². The fourth-order valence-corrected chi connectivity index (χ4v) is 3.38. The van der Waals surface area contributed by atoms with Crippen LogP contribution in [0.2, 0.25) is 10.0 Å². The predicted octanol–water partition coefficient (Wildman–Crippen LogP) is 3.12. The van der Waals surface area contributed by atoms with Gasteiger partial charge in [0, 0.05) is 25.2 Å². The summed E-state index contributed by atoms with van der Waals surface area (Å²) in [4.78, 5) is 0. The largest absolute Gasteiger partial charge is 0.506 e. The van der Waals surface area contributed by atoms with Gasteiger partial charge in [-0.25, -0.2) is 0 Å². The topological polar surface area (TPSA) is 64.5 Å². The average molecular weight is 367 g/mol. The van der Waals surface area contributed by atoms with E-state index in [2.05, 4.69) is 10.6 Å². The van der Waals surface area contributed by atoms with Crippen LogP contribution in [0.3, 0.4) is 0 Å². The molecule has 0 radical (unpaired) electrons. The van der Waals surface area contributed by atoms with Crippen LogP contribution in [-0.2, 0) is 12.8 Å². The Bertz CT molecular complexity index is 655. The zero-order chi connectivity index (χ0) is 17.1. The number of rotatable bonds is 4. The van der Waals surface area contributed by atoms with Gasteiger partial charge in [0.25, 0.3) is 0 Å². The fourth-order valence-electron chi connectivity index (χ4n) is 2.97. The van der Waals surface area contributed by atoms with Crippen molar-refractivity contribution < 1.29 is 10.2 Å². The van der Waals surface area contributed by atoms with Gasteiger partial charge in [0.1, 0.15) is 11.5 Å². The van der Waals surface area contributed by atoms with Crippen LogP contribution < -0.4 is 10.6 Å². The third-order valence-electron chi connectivity index (χ3n) is 4.29. The van der Waals surface area contributed by atoms with Crippen molar-refractivity contribution in [3.05, 3.63) is 57.6 Å². The molecule has 2 atom stereocenters. The van der Waals surface area contributed by atoms with E-state index < -0.39 is 0 Å². The molecule has 1 aliphatic heterocycles. The third-order valence-corrected chi connectivity index (χ3v) is 4.90. The highest BCUT2D eigenvalue weighted by Gasteiger charge is 2.20. The molecule has 1 aliphatic rings. The van der Waals surface area contributed by atoms with Gasteiger partial charge in [-0.3, -0.25) is 0 Å². The number of benzene rings is 2. The van der Waals surface area contributed by atoms with Crippen molar-refractivity contribution in [1.29, 1.82) is 0 Å². The number of phenols is 2. The van der Waals surface area contributed by atoms with E-state index in [0.717, 1.165) is 37.1 Å². The smallest absolute Gasteiger partial charge is 0.134 e. The Hall–Kier alpha value is -1.46. The second-order valence-electron chi connectivity index (χ2n) is 6.19. The summed E-state index contributed by atoms with van der Waals surface area (Å²) >= 11 is 11.9. The lowest BCUT2D eigenvalue weighted by Gasteiger charge is -2.31. The van der Waals surface area contributed by atoms with Crippen LogP contribution in [0.15, 0.2) is 36.4 Å². The minimum Gasteiger partial charge on any atom is -0.506 e. The van der Waals surface area contributed by atoms with Gasteiger partial charge in [-0.15, -0.1) is 0 Å². The summed E-state index contributed by atoms with van der Waals surface area (Å²) in [5.74, 6) is 0.227. The lowest BCUT2D eigenvalue weighted by Crippen LogP contribution is -2.55. The zero-order valence-corrected chi connectivity index (χ0v) is 14.6. The van der Waals surface area contributed by atoms with E-state index >= 15 is 0 Å². The predicted molar refractivity (Wildman–Crippen MR) is 97.2 cm³/mol. The molecule has 0 saturated carbocycles. The molecule has 0 aliphatic carbocycles. The molecule has 0 spiro atoms. The normalized spacial score (nSPS) is 20.9. The van der Waals surface area contributed by atoms with Crippen molar-refractivity contribution in [2.24, 2.45) is 0 Å². The van der Waals surface area contributed by atoms with E-state index in [1.54, 1.807) is 12.1 Å². The summed E-state index contributed by atoms with van der Waals surface area (Å²) in [5.41, 5.74) is 2.20. The lowest BCUT2D eigenvalue weighted by atomic mass is 9.99. The van der Waals surface area contributed by atoms with Gasteiger partial charge in [0.15, 0.2) is 0 Å². The number of piperazine rings is 1. The van der Waals surface area contributed by atoms with E-state index in [1.807, 2.05) is 24.3 Å². The maximum Gasteiger partial charge on any atom is 0.134 e. The second-order valence-corrected chi connectivity index (χ2v) is 7.00. The van der Waals surface area contributed by atoms with Gasteiger partial charge in [0.2, 0.25) is 0 Å². The van der Waals surface area contributed by atoms with Crippen LogP contribution in [0, 0.1) is 0 Å². The maximum absolute atomic E-state index is 9.48. The zero-order valence-electron chi connectivity index (χ0n) is 13.1. The Morgan fingerprint density at radius 1 is 0.792 bits per heavy atom. The Morgan fingerprint density at radius 3 is 1.54 bits per heavy atom. The van der Waals surface area contributed by atoms with E-state index in [1.165, 1.54) is 0 Å². The lowest BCUT2D eigenvalue weighted by molar-refractivity contribution is 0.342. The van der Waals surface area contributed by atoms with E-state index in [9.17, 15) is 10.2 Å². The summed E-state index contributed by atoms with van der Waals surface area (Å²) in [7, 11) is 0. The molecule has 0 unspecified atom stereocenters. The van der Waals surface area contributed by atoms with Crippen LogP contribution in [0.5, 0.6) is 11.5 Å². The number of hydrogen-bond donors (Lipinski definition) is 4. The van der Waals surface area contributed by atoms with Gasteiger partial charge in [-0.2, -0.15) is 0 Å². The molecular formula is C18H20Cl2N2O2. The molecule has 4 N–H and O–H groups in total. The number of halogens is 2. The van der Waals surface area contributed by atoms with Crippen LogP contribution >= 0.6 is 23.2 Å². The van der Waals surface area contributed by atoms with Crippen molar-refractivity contribution in [2.45, 2.75) is 24.9 Å². The van der Waals surface area contributed by atoms with Crippen molar-refractivity contribution in [3.8, 4) is 11.5 Å². The first-order valence-electron chi connectivity index (χ1n) is 7.93. The summed E-state index contributed by atoms with van der Waals surface area (Å²) < 4.78 is 0. The van der Waals surface area contributed by atoms with Crippen LogP contribution in [0.25, 0.3) is 0 Å². The van der Waals surface area contributed by atoms with Gasteiger partial charge < -0.3 is 20.8 Å². The standard InChI is InChI=1S/C18H20Cl2N2O2/c19-15-7-11(1-3-17(15)23)5-13-9-22-14(10-21-13)6-12-2-4-18(24)16(20)8-12/h1-4,7-8,13-14,21-24H,5-6,9-10H2/t13-,14-/m0/s1. The molecule has 0 aromatic heterocycles. The number of phenolic OH excluding ortho intramolecular Hbond substituents is 2. The number of aromatic hydroxyl groups is 2. The van der Waals surface area contributed by atoms with Crippen LogP contribution in [0.4, 0.5) is 0 Å². The van der Waals surface area contributed by atoms with Crippen molar-refractivity contribution >= 4 is 23.2 Å². The molecule has 6 heteroatoms. The summed E-state index contributed by atoms with van der Waals surface area (Å²) in [6, 6.07) is 11.3. The molecule has 0 bridgehead atoms. The molecule has 2 aromatic carbocycles. The van der Waals surface area contributed by atoms with E-state index in [4.69, 9.17) is 23.2 Å². The summed E-state index contributed by atoms with van der Waals surface area (Å²) in [6.07, 6.45) is 1.70. The molecule has 1 saturated heterocycles. The quantitative estimate of drug-likeness (QED) is 0.671. The maximum atomic E-state index is 9.48. The number of hydrogen-bond acceptors (Lipinski definition) is 4. The molecule has 1 heterocycles. The number of nitrogens with one attached hydrogen (secondary N) is 2. The van der Waals surface area contributed by atoms with E-state index in [0.29, 0.717) is 22.1 Å². The molecule has 128 valence electrons. The van der Waals surface area contributed by atoms with Crippen molar-refractivity contribution in [2.75, 3.05) is 13.1 Å². The monoisotopic (exact) mass is 366 g/mol. The SMILES string of the molecule is Oc1ccc(C[C@H]2CN[C@@H](Cc3ccc(O)c(Cl)c3)CN2)cc1Cl. The molecule has 3 rings (SSSR count). The Morgan fingerprint density at radius 2 is 1.21 bits per heavy atom. The highest BCUT2D eigenvalue weighted by molar-refractivity contribution is 6.32. The van der Waals surface area contributed by atoms with Crippen LogP contribution in [-0.4, -0.2) is 35.4 Å². The minimum atomic E-state index is 0.114. The Balaban J connectivity index is 1.51. The average Bonchev–Trinajstić information content (AvgIpc) is 2.56. The van der Waals surface area contributed by atoms with Gasteiger partial charge in [-0.05, 0) is 48.2 Å². The van der Waals surface area contributed by atoms with Crippen LogP contribution in [0.1, 0.15) is 11.1 Å². The van der Waals surface area contributed by atoms with E-state index in [-0.39, 0.29) is 11.5 Å². The summed E-state index contributed by atoms with van der Waals surface area (Å²) in [6.45, 7) is 1.71. The first-order valence-corrected chi connectivity index (χ1v) is 8.68. The fraction of sp³-hybridized carbons (Fsp3) is 0.333. The second kappa shape index (κ2) is 7.62. The third kappa shape index (κ3) is 4.33. The Kier molecular flexibility index (Phi) is 5.51. The molecule has 2 aromatic rings. The molecule has 4 nitrogen and oxygen atoms in total. The minimum absolute atomic E-state index is 0.114. The van der Waals surface area contributed by atoms with Crippen molar-refractivity contribution in [3.63, 3.8) is 0 Å². The first kappa shape index (κ1) is 17.4. The van der Waals surface area contributed by atoms with Gasteiger partial charge >= 0.3 is 0 Å². The van der Waals surface area contributed by atoms with Gasteiger partial charge in [0.05, 0.1) is 10.0 Å². The molecular weight excluding hydrogens is 347 g/mol. The highest BCUT2D eigenvalue weighted by atomic mass is 35.5. The summed E-state index contributed by atoms with van der Waals surface area (Å²) in [5, 5.41) is 26.8. The van der Waals surface area contributed by atoms with Crippen molar-refractivity contribution in [1.82, 2.24) is 10.6 Å². The molecule has 24 heavy (non-hydrogen) atoms. The first-order chi connectivity index (χ1) is 11.5. The molecule has 1 fully saturated rings.